The molecule has 1 aromatic carbocycles. The average molecular weight is 265 g/mol. The minimum atomic E-state index is -0.490. The van der Waals surface area contributed by atoms with Gasteiger partial charge in [-0.05, 0) is 24.3 Å². The number of hydrogen-bond acceptors (Lipinski definition) is 5. The molecule has 1 atom stereocenters. The molecule has 1 heterocycles. The lowest BCUT2D eigenvalue weighted by atomic mass is 10.1. The Hall–Kier alpha value is -2.08. The van der Waals surface area contributed by atoms with Crippen molar-refractivity contribution in [1.82, 2.24) is 0 Å². The summed E-state index contributed by atoms with van der Waals surface area (Å²) < 4.78 is 9.56. The Balaban J connectivity index is 2.24. The predicted molar refractivity (Wildman–Crippen MR) is 67.1 cm³/mol. The van der Waals surface area contributed by atoms with Gasteiger partial charge in [0.15, 0.2) is 0 Å². The van der Waals surface area contributed by atoms with Crippen molar-refractivity contribution in [3.05, 3.63) is 29.8 Å². The van der Waals surface area contributed by atoms with Gasteiger partial charge in [-0.25, -0.2) is 9.59 Å². The Bertz CT molecular complexity index is 470. The van der Waals surface area contributed by atoms with Crippen molar-refractivity contribution in [3.8, 4) is 0 Å². The molecule has 0 spiro atoms. The van der Waals surface area contributed by atoms with Crippen molar-refractivity contribution in [2.75, 3.05) is 25.2 Å². The summed E-state index contributed by atoms with van der Waals surface area (Å²) in [5.41, 5.74) is 0.980. The molecule has 0 aromatic heterocycles. The van der Waals surface area contributed by atoms with Gasteiger partial charge in [0, 0.05) is 12.1 Å². The Morgan fingerprint density at radius 3 is 2.74 bits per heavy atom. The van der Waals surface area contributed by atoms with E-state index in [2.05, 4.69) is 4.74 Å². The van der Waals surface area contributed by atoms with Crippen LogP contribution >= 0.6 is 0 Å². The fraction of sp³-hybridized carbons (Fsp3) is 0.385. The summed E-state index contributed by atoms with van der Waals surface area (Å²) in [5, 5.41) is 9.30. The molecule has 6 nitrogen and oxygen atoms in total. The molecule has 1 unspecified atom stereocenters. The average Bonchev–Trinajstić information content (AvgIpc) is 2.46. The van der Waals surface area contributed by atoms with E-state index in [0.29, 0.717) is 24.3 Å². The number of carbonyl (C=O) groups excluding carboxylic acids is 2. The van der Waals surface area contributed by atoms with Crippen LogP contribution in [0.4, 0.5) is 10.5 Å². The van der Waals surface area contributed by atoms with Crippen LogP contribution in [0.3, 0.4) is 0 Å². The number of rotatable bonds is 3. The van der Waals surface area contributed by atoms with Crippen molar-refractivity contribution >= 4 is 17.7 Å². The van der Waals surface area contributed by atoms with Crippen LogP contribution in [0, 0.1) is 0 Å². The molecular weight excluding hydrogens is 250 g/mol. The monoisotopic (exact) mass is 265 g/mol. The smallest absolute Gasteiger partial charge is 0.414 e. The van der Waals surface area contributed by atoms with E-state index in [1.54, 1.807) is 24.3 Å². The first-order valence-corrected chi connectivity index (χ1v) is 5.92. The number of carbonyl (C=O) groups is 2. The standard InChI is InChI=1S/C13H15NO5/c1-18-12(16)9-2-4-10(5-3-9)14-11(8-15)6-7-19-13(14)17/h2-5,11,15H,6-8H2,1H3. The summed E-state index contributed by atoms with van der Waals surface area (Å²) in [6, 6.07) is 6.09. The Kier molecular flexibility index (Phi) is 4.01. The minimum absolute atomic E-state index is 0.131. The highest BCUT2D eigenvalue weighted by atomic mass is 16.6. The van der Waals surface area contributed by atoms with Gasteiger partial charge >= 0.3 is 12.1 Å². The van der Waals surface area contributed by atoms with E-state index in [9.17, 15) is 14.7 Å². The molecule has 0 aliphatic carbocycles. The highest BCUT2D eigenvalue weighted by Gasteiger charge is 2.30. The first-order valence-electron chi connectivity index (χ1n) is 5.92. The van der Waals surface area contributed by atoms with Crippen molar-refractivity contribution in [2.24, 2.45) is 0 Å². The van der Waals surface area contributed by atoms with Crippen molar-refractivity contribution < 1.29 is 24.2 Å². The van der Waals surface area contributed by atoms with Gasteiger partial charge in [0.1, 0.15) is 0 Å². The maximum Gasteiger partial charge on any atom is 0.414 e. The molecule has 1 amide bonds. The van der Waals surface area contributed by atoms with E-state index >= 15 is 0 Å². The fourth-order valence-electron chi connectivity index (χ4n) is 2.00. The van der Waals surface area contributed by atoms with Crippen LogP contribution in [-0.4, -0.2) is 43.5 Å². The van der Waals surface area contributed by atoms with Gasteiger partial charge in [0.25, 0.3) is 0 Å². The number of esters is 1. The van der Waals surface area contributed by atoms with Crippen LogP contribution in [0.2, 0.25) is 0 Å². The number of aliphatic hydroxyl groups excluding tert-OH is 1. The summed E-state index contributed by atoms with van der Waals surface area (Å²) >= 11 is 0. The Morgan fingerprint density at radius 1 is 1.47 bits per heavy atom. The van der Waals surface area contributed by atoms with Gasteiger partial charge < -0.3 is 14.6 Å². The maximum absolute atomic E-state index is 11.7. The summed E-state index contributed by atoms with van der Waals surface area (Å²) in [6.45, 7) is 0.175. The van der Waals surface area contributed by atoms with Gasteiger partial charge in [0.05, 0.1) is 31.9 Å². The first-order chi connectivity index (χ1) is 9.17. The Labute approximate surface area is 110 Å². The SMILES string of the molecule is COC(=O)c1ccc(N2C(=O)OCCC2CO)cc1. The maximum atomic E-state index is 11.7. The third-order valence-electron chi connectivity index (χ3n) is 3.02. The molecule has 102 valence electrons. The molecule has 19 heavy (non-hydrogen) atoms. The van der Waals surface area contributed by atoms with E-state index in [1.807, 2.05) is 0 Å². The van der Waals surface area contributed by atoms with Gasteiger partial charge in [-0.15, -0.1) is 0 Å². The molecule has 0 radical (unpaired) electrons. The highest BCUT2D eigenvalue weighted by molar-refractivity contribution is 5.92. The third-order valence-corrected chi connectivity index (χ3v) is 3.02. The number of nitrogens with zero attached hydrogens (tertiary/aromatic N) is 1. The second kappa shape index (κ2) is 5.71. The molecular formula is C13H15NO5. The van der Waals surface area contributed by atoms with Crippen molar-refractivity contribution in [1.29, 1.82) is 0 Å². The quantitative estimate of drug-likeness (QED) is 0.830. The summed E-state index contributed by atoms with van der Waals surface area (Å²) in [6.07, 6.45) is 0.0807. The normalized spacial score (nSPS) is 18.9. The summed E-state index contributed by atoms with van der Waals surface area (Å²) in [7, 11) is 1.31. The fourth-order valence-corrected chi connectivity index (χ4v) is 2.00. The first kappa shape index (κ1) is 13.4. The van der Waals surface area contributed by atoms with Gasteiger partial charge in [0.2, 0.25) is 0 Å². The zero-order valence-corrected chi connectivity index (χ0v) is 10.5. The highest BCUT2D eigenvalue weighted by Crippen LogP contribution is 2.23. The van der Waals surface area contributed by atoms with Gasteiger partial charge in [-0.2, -0.15) is 0 Å². The van der Waals surface area contributed by atoms with Crippen LogP contribution in [0.5, 0.6) is 0 Å². The number of hydrogen-bond donors (Lipinski definition) is 1. The molecule has 1 aliphatic rings. The lowest BCUT2D eigenvalue weighted by Crippen LogP contribution is -2.47. The van der Waals surface area contributed by atoms with E-state index in [4.69, 9.17) is 4.74 Å². The number of ether oxygens (including phenoxy) is 2. The predicted octanol–water partition coefficient (Wildman–Crippen LogP) is 1.18. The molecule has 2 rings (SSSR count). The Morgan fingerprint density at radius 2 is 2.16 bits per heavy atom. The molecule has 1 aromatic rings. The van der Waals surface area contributed by atoms with E-state index < -0.39 is 12.1 Å². The molecule has 6 heteroatoms. The van der Waals surface area contributed by atoms with Gasteiger partial charge in [-0.1, -0.05) is 0 Å². The topological polar surface area (TPSA) is 76.1 Å². The van der Waals surface area contributed by atoms with Crippen LogP contribution in [0.1, 0.15) is 16.8 Å². The zero-order valence-electron chi connectivity index (χ0n) is 10.5. The molecule has 0 bridgehead atoms. The van der Waals surface area contributed by atoms with E-state index in [0.717, 1.165) is 0 Å². The number of anilines is 1. The molecule has 1 aliphatic heterocycles. The van der Waals surface area contributed by atoms with Crippen LogP contribution in [0.25, 0.3) is 0 Å². The second-order valence-corrected chi connectivity index (χ2v) is 4.15. The van der Waals surface area contributed by atoms with Crippen LogP contribution < -0.4 is 4.90 Å². The van der Waals surface area contributed by atoms with Crippen molar-refractivity contribution in [2.45, 2.75) is 12.5 Å². The summed E-state index contributed by atoms with van der Waals surface area (Å²) in [5.74, 6) is -0.438. The second-order valence-electron chi connectivity index (χ2n) is 4.15. The number of methoxy groups -OCH3 is 1. The third kappa shape index (κ3) is 2.68. The van der Waals surface area contributed by atoms with Crippen molar-refractivity contribution in [3.63, 3.8) is 0 Å². The van der Waals surface area contributed by atoms with E-state index in [-0.39, 0.29) is 12.6 Å². The number of amides is 1. The van der Waals surface area contributed by atoms with Crippen LogP contribution in [0.15, 0.2) is 24.3 Å². The van der Waals surface area contributed by atoms with Crippen LogP contribution in [-0.2, 0) is 9.47 Å². The number of cyclic esters (lactones) is 1. The molecule has 1 fully saturated rings. The largest absolute Gasteiger partial charge is 0.465 e. The summed E-state index contributed by atoms with van der Waals surface area (Å²) in [4.78, 5) is 24.5. The zero-order chi connectivity index (χ0) is 13.8. The molecule has 1 saturated heterocycles. The number of aliphatic hydroxyl groups is 1. The lowest BCUT2D eigenvalue weighted by molar-refractivity contribution is 0.0600. The lowest BCUT2D eigenvalue weighted by Gasteiger charge is -2.33. The number of benzene rings is 1. The van der Waals surface area contributed by atoms with E-state index in [1.165, 1.54) is 12.0 Å². The minimum Gasteiger partial charge on any atom is -0.465 e. The van der Waals surface area contributed by atoms with Gasteiger partial charge in [-0.3, -0.25) is 4.90 Å². The molecule has 1 N–H and O–H groups in total. The molecule has 0 saturated carbocycles.